The molecule has 1 aliphatic heterocycles. The normalized spacial score (nSPS) is 38.8. The molecule has 1 heterocycles. The molecule has 0 aromatic rings. The minimum absolute atomic E-state index is 0. The van der Waals surface area contributed by atoms with Crippen molar-refractivity contribution in [1.29, 1.82) is 0 Å². The number of ether oxygens (including phenoxy) is 1. The molecule has 2 fully saturated rings. The van der Waals surface area contributed by atoms with Crippen LogP contribution in [0.15, 0.2) is 0 Å². The molecule has 0 radical (unpaired) electrons. The Balaban J connectivity index is 0.000000845. The van der Waals surface area contributed by atoms with Gasteiger partial charge in [0.2, 0.25) is 0 Å². The fraction of sp³-hybridized carbons (Fsp3) is 0.889. The Morgan fingerprint density at radius 2 is 2.15 bits per heavy atom. The van der Waals surface area contributed by atoms with Gasteiger partial charge in [0.15, 0.2) is 6.04 Å². The molecule has 0 bridgehead atoms. The zero-order chi connectivity index (χ0) is 8.93. The van der Waals surface area contributed by atoms with Gasteiger partial charge in [-0.05, 0) is 5.41 Å². The first kappa shape index (κ1) is 10.8. The molecule has 2 rings (SSSR count). The summed E-state index contributed by atoms with van der Waals surface area (Å²) < 4.78 is 4.75. The van der Waals surface area contributed by atoms with E-state index in [4.69, 9.17) is 4.74 Å². The Hall–Kier alpha value is -0.280. The van der Waals surface area contributed by atoms with Crippen molar-refractivity contribution < 1.29 is 27.3 Å². The third kappa shape index (κ3) is 1.34. The van der Waals surface area contributed by atoms with Crippen LogP contribution in [0, 0.1) is 17.3 Å². The Bertz CT molecular complexity index is 230. The number of hydrogen-bond acceptors (Lipinski definition) is 2. The summed E-state index contributed by atoms with van der Waals surface area (Å²) in [6.07, 6.45) is 0. The second-order valence-electron chi connectivity index (χ2n) is 4.47. The third-order valence-electron chi connectivity index (χ3n) is 3.64. The molecular formula is C9H16ClNO2. The molecule has 13 heavy (non-hydrogen) atoms. The zero-order valence-electron chi connectivity index (χ0n) is 8.21. The van der Waals surface area contributed by atoms with Crippen LogP contribution in [0.3, 0.4) is 0 Å². The van der Waals surface area contributed by atoms with Crippen LogP contribution < -0.4 is 17.7 Å². The number of methoxy groups -OCH3 is 1. The summed E-state index contributed by atoms with van der Waals surface area (Å²) in [7, 11) is 1.47. The summed E-state index contributed by atoms with van der Waals surface area (Å²) in [5.41, 5.74) is 0.383. The number of halogens is 1. The molecule has 3 atom stereocenters. The fourth-order valence-electron chi connectivity index (χ4n) is 2.77. The van der Waals surface area contributed by atoms with E-state index < -0.39 is 0 Å². The standard InChI is InChI=1S/C9H15NO2.ClH/c1-9(2)5-4-10-7(6(5)9)8(11)12-3;/h5-7,10H,4H2,1-3H3;1H/t5?,6-,7-;/m0./s1. The van der Waals surface area contributed by atoms with Gasteiger partial charge in [0.05, 0.1) is 13.7 Å². The van der Waals surface area contributed by atoms with E-state index in [-0.39, 0.29) is 24.4 Å². The first-order valence-electron chi connectivity index (χ1n) is 4.50. The van der Waals surface area contributed by atoms with Gasteiger partial charge in [-0.2, -0.15) is 0 Å². The summed E-state index contributed by atoms with van der Waals surface area (Å²) in [6.45, 7) is 5.58. The number of piperidine rings is 1. The second-order valence-corrected chi connectivity index (χ2v) is 4.47. The summed E-state index contributed by atoms with van der Waals surface area (Å²) in [4.78, 5) is 11.3. The molecular weight excluding hydrogens is 190 g/mol. The summed E-state index contributed by atoms with van der Waals surface area (Å²) in [5, 5.41) is 2.12. The van der Waals surface area contributed by atoms with Crippen molar-refractivity contribution >= 4 is 5.97 Å². The third-order valence-corrected chi connectivity index (χ3v) is 3.64. The largest absolute Gasteiger partial charge is 1.00 e. The molecule has 1 saturated heterocycles. The van der Waals surface area contributed by atoms with Gasteiger partial charge in [-0.25, -0.2) is 4.79 Å². The van der Waals surface area contributed by atoms with Crippen LogP contribution in [0.25, 0.3) is 0 Å². The van der Waals surface area contributed by atoms with Crippen molar-refractivity contribution in [3.63, 3.8) is 0 Å². The lowest BCUT2D eigenvalue weighted by atomic mass is 10.0. The molecule has 0 aromatic heterocycles. The van der Waals surface area contributed by atoms with Gasteiger partial charge in [0.25, 0.3) is 0 Å². The van der Waals surface area contributed by atoms with E-state index in [9.17, 15) is 4.79 Å². The van der Waals surface area contributed by atoms with E-state index in [1.54, 1.807) is 0 Å². The van der Waals surface area contributed by atoms with E-state index in [0.29, 0.717) is 11.3 Å². The van der Waals surface area contributed by atoms with E-state index in [1.165, 1.54) is 7.11 Å². The van der Waals surface area contributed by atoms with Crippen molar-refractivity contribution in [3.8, 4) is 0 Å². The van der Waals surface area contributed by atoms with Crippen LogP contribution in [0.1, 0.15) is 13.8 Å². The highest BCUT2D eigenvalue weighted by molar-refractivity contribution is 5.75. The summed E-state index contributed by atoms with van der Waals surface area (Å²) in [6, 6.07) is 0.0787. The number of hydrogen-bond donors (Lipinski definition) is 1. The van der Waals surface area contributed by atoms with Gasteiger partial charge in [0, 0.05) is 11.8 Å². The predicted molar refractivity (Wildman–Crippen MR) is 43.4 cm³/mol. The molecule has 0 aromatic carbocycles. The number of rotatable bonds is 1. The Labute approximate surface area is 84.6 Å². The topological polar surface area (TPSA) is 42.9 Å². The Morgan fingerprint density at radius 1 is 1.54 bits per heavy atom. The molecule has 2 aliphatic rings. The minimum Gasteiger partial charge on any atom is -1.00 e. The quantitative estimate of drug-likeness (QED) is 0.450. The molecule has 1 saturated carbocycles. The monoisotopic (exact) mass is 205 g/mol. The highest BCUT2D eigenvalue weighted by Crippen LogP contribution is 2.60. The Kier molecular flexibility index (Phi) is 2.61. The van der Waals surface area contributed by atoms with Crippen molar-refractivity contribution in [2.45, 2.75) is 19.9 Å². The molecule has 0 spiro atoms. The van der Waals surface area contributed by atoms with Crippen LogP contribution >= 0.6 is 0 Å². The van der Waals surface area contributed by atoms with Crippen LogP contribution in [0.4, 0.5) is 0 Å². The lowest BCUT2D eigenvalue weighted by molar-refractivity contribution is -0.670. The van der Waals surface area contributed by atoms with E-state index in [1.807, 2.05) is 0 Å². The maximum Gasteiger partial charge on any atom is 0.364 e. The number of carbonyl (C=O) groups is 1. The first-order valence-corrected chi connectivity index (χ1v) is 4.50. The van der Waals surface area contributed by atoms with Gasteiger partial charge in [-0.1, -0.05) is 13.8 Å². The van der Waals surface area contributed by atoms with Crippen molar-refractivity contribution in [2.24, 2.45) is 17.3 Å². The van der Waals surface area contributed by atoms with Crippen molar-refractivity contribution in [2.75, 3.05) is 13.7 Å². The van der Waals surface area contributed by atoms with Crippen LogP contribution in [-0.4, -0.2) is 25.7 Å². The number of nitrogens with two attached hydrogens (primary N) is 1. The van der Waals surface area contributed by atoms with E-state index >= 15 is 0 Å². The van der Waals surface area contributed by atoms with Gasteiger partial charge in [-0.15, -0.1) is 0 Å². The van der Waals surface area contributed by atoms with E-state index in [2.05, 4.69) is 19.2 Å². The van der Waals surface area contributed by atoms with Gasteiger partial charge < -0.3 is 22.5 Å². The minimum atomic E-state index is -0.0481. The maximum atomic E-state index is 11.3. The molecule has 2 N–H and O–H groups in total. The van der Waals surface area contributed by atoms with Crippen molar-refractivity contribution in [1.82, 2.24) is 0 Å². The first-order chi connectivity index (χ1) is 5.59. The molecule has 1 unspecified atom stereocenters. The van der Waals surface area contributed by atoms with Crippen LogP contribution in [-0.2, 0) is 9.53 Å². The molecule has 0 amide bonds. The second kappa shape index (κ2) is 3.14. The maximum absolute atomic E-state index is 11.3. The SMILES string of the molecule is COC(=O)[C@H]1[NH2+]CC2[C@@H]1C2(C)C.[Cl-]. The summed E-state index contributed by atoms with van der Waals surface area (Å²) in [5.74, 6) is 1.25. The van der Waals surface area contributed by atoms with Gasteiger partial charge >= 0.3 is 5.97 Å². The average Bonchev–Trinajstić information content (AvgIpc) is 2.52. The predicted octanol–water partition coefficient (Wildman–Crippen LogP) is -3.62. The molecule has 76 valence electrons. The molecule has 4 heteroatoms. The number of esters is 1. The number of carbonyl (C=O) groups excluding carboxylic acids is 1. The highest BCUT2D eigenvalue weighted by Gasteiger charge is 2.69. The molecule has 3 nitrogen and oxygen atoms in total. The lowest BCUT2D eigenvalue weighted by Gasteiger charge is -2.13. The van der Waals surface area contributed by atoms with Crippen molar-refractivity contribution in [3.05, 3.63) is 0 Å². The fourth-order valence-corrected chi connectivity index (χ4v) is 2.77. The lowest BCUT2D eigenvalue weighted by Crippen LogP contribution is -3.00. The molecule has 1 aliphatic carbocycles. The smallest absolute Gasteiger partial charge is 0.364 e. The Morgan fingerprint density at radius 3 is 2.54 bits per heavy atom. The van der Waals surface area contributed by atoms with E-state index in [0.717, 1.165) is 12.5 Å². The van der Waals surface area contributed by atoms with Crippen LogP contribution in [0.5, 0.6) is 0 Å². The number of quaternary nitrogens is 1. The van der Waals surface area contributed by atoms with Crippen LogP contribution in [0.2, 0.25) is 0 Å². The van der Waals surface area contributed by atoms with Gasteiger partial charge in [0.1, 0.15) is 0 Å². The summed E-state index contributed by atoms with van der Waals surface area (Å²) >= 11 is 0. The number of fused-ring (bicyclic) bond motifs is 1. The average molecular weight is 206 g/mol. The zero-order valence-corrected chi connectivity index (χ0v) is 8.97. The highest BCUT2D eigenvalue weighted by atomic mass is 35.5. The van der Waals surface area contributed by atoms with Gasteiger partial charge in [-0.3, -0.25) is 0 Å².